The average Bonchev–Trinajstić information content (AvgIpc) is 2.85. The van der Waals surface area contributed by atoms with Crippen molar-refractivity contribution in [1.82, 2.24) is 9.88 Å². The Bertz CT molecular complexity index is 1210. The first-order valence-corrected chi connectivity index (χ1v) is 13.4. The van der Waals surface area contributed by atoms with Gasteiger partial charge in [0.25, 0.3) is 0 Å². The number of hydrogen-bond donors (Lipinski definition) is 1. The van der Waals surface area contributed by atoms with Crippen molar-refractivity contribution < 1.29 is 23.4 Å². The molecule has 1 aliphatic heterocycles. The molecule has 1 saturated heterocycles. The van der Waals surface area contributed by atoms with E-state index in [4.69, 9.17) is 16.3 Å². The number of carboxylic acids is 1. The summed E-state index contributed by atoms with van der Waals surface area (Å²) < 4.78 is 32.1. The van der Waals surface area contributed by atoms with E-state index in [1.807, 2.05) is 18.2 Å². The fraction of sp³-hybridized carbons (Fsp3) is 0.407. The van der Waals surface area contributed by atoms with Gasteiger partial charge in [-0.3, -0.25) is 9.78 Å². The molecule has 1 aliphatic rings. The Kier molecular flexibility index (Phi) is 9.04. The van der Waals surface area contributed by atoms with Gasteiger partial charge in [-0.25, -0.2) is 8.78 Å². The van der Waals surface area contributed by atoms with Gasteiger partial charge in [0.2, 0.25) is 0 Å². The number of pyridine rings is 1. The van der Waals surface area contributed by atoms with E-state index in [9.17, 15) is 18.7 Å². The third kappa shape index (κ3) is 6.66. The second-order valence-electron chi connectivity index (χ2n) is 9.11. The van der Waals surface area contributed by atoms with E-state index in [2.05, 4.69) is 9.88 Å². The number of benzene rings is 2. The number of carboxylic acid groups (broad SMARTS) is 1. The topological polar surface area (TPSA) is 62.7 Å². The van der Waals surface area contributed by atoms with Crippen LogP contribution in [-0.2, 0) is 11.2 Å². The van der Waals surface area contributed by atoms with Crippen molar-refractivity contribution in [2.45, 2.75) is 30.6 Å². The van der Waals surface area contributed by atoms with Gasteiger partial charge in [0, 0.05) is 41.4 Å². The van der Waals surface area contributed by atoms with E-state index in [0.717, 1.165) is 60.5 Å². The Morgan fingerprint density at radius 3 is 2.75 bits per heavy atom. The molecule has 0 radical (unpaired) electrons. The minimum absolute atomic E-state index is 0.0881. The number of halogens is 3. The fourth-order valence-electron chi connectivity index (χ4n) is 4.93. The van der Waals surface area contributed by atoms with Crippen LogP contribution in [0.4, 0.5) is 8.78 Å². The lowest BCUT2D eigenvalue weighted by Crippen LogP contribution is -2.44. The number of thioether (sulfide) groups is 1. The summed E-state index contributed by atoms with van der Waals surface area (Å²) in [7, 11) is 1.62. The molecule has 2 unspecified atom stereocenters. The molecule has 0 saturated carbocycles. The molecule has 0 amide bonds. The Morgan fingerprint density at radius 2 is 2.03 bits per heavy atom. The zero-order valence-corrected chi connectivity index (χ0v) is 21.6. The number of aryl methyl sites for hydroxylation is 1. The van der Waals surface area contributed by atoms with Crippen LogP contribution in [-0.4, -0.2) is 53.5 Å². The molecule has 1 aromatic heterocycles. The smallest absolute Gasteiger partial charge is 0.308 e. The van der Waals surface area contributed by atoms with E-state index < -0.39 is 23.5 Å². The van der Waals surface area contributed by atoms with Crippen molar-refractivity contribution in [3.63, 3.8) is 0 Å². The van der Waals surface area contributed by atoms with Crippen molar-refractivity contribution in [1.29, 1.82) is 0 Å². The van der Waals surface area contributed by atoms with Gasteiger partial charge in [-0.05, 0) is 74.0 Å². The summed E-state index contributed by atoms with van der Waals surface area (Å²) >= 11 is 7.85. The number of methoxy groups -OCH3 is 1. The molecule has 0 spiro atoms. The molecule has 2 heterocycles. The van der Waals surface area contributed by atoms with Gasteiger partial charge >= 0.3 is 5.97 Å². The molecular formula is C27H29ClF2N2O3S. The van der Waals surface area contributed by atoms with Crippen LogP contribution in [0.1, 0.15) is 24.8 Å². The van der Waals surface area contributed by atoms with Gasteiger partial charge < -0.3 is 14.7 Å². The standard InChI is InChI=1S/C27H29ClF2N2O3S/c1-35-20-5-6-26-23(14-20)22(25(28)15-31-26)4-2-3-17-7-8-32(16-24(17)27(33)34)9-10-36-21-12-18(29)11-19(30)13-21/h5-6,11-15,17,24H,2-4,7-10,16H2,1H3,(H,33,34). The van der Waals surface area contributed by atoms with Crippen LogP contribution in [0.2, 0.25) is 5.02 Å². The molecule has 5 nitrogen and oxygen atoms in total. The van der Waals surface area contributed by atoms with Crippen LogP contribution in [0.25, 0.3) is 10.9 Å². The summed E-state index contributed by atoms with van der Waals surface area (Å²) in [6.07, 6.45) is 4.82. The van der Waals surface area contributed by atoms with Crippen LogP contribution in [0.3, 0.4) is 0 Å². The van der Waals surface area contributed by atoms with Crippen molar-refractivity contribution >= 4 is 40.2 Å². The summed E-state index contributed by atoms with van der Waals surface area (Å²) in [6.45, 7) is 1.95. The highest BCUT2D eigenvalue weighted by atomic mass is 35.5. The highest BCUT2D eigenvalue weighted by molar-refractivity contribution is 7.99. The van der Waals surface area contributed by atoms with Gasteiger partial charge in [0.05, 0.1) is 23.6 Å². The SMILES string of the molecule is COc1ccc2ncc(Cl)c(CCCC3CCN(CCSc4cc(F)cc(F)c4)CC3C(=O)O)c2c1. The van der Waals surface area contributed by atoms with Gasteiger partial charge in [-0.15, -0.1) is 11.8 Å². The third-order valence-corrected chi connectivity index (χ3v) is 8.09. The number of nitrogens with zero attached hydrogens (tertiary/aromatic N) is 2. The first-order chi connectivity index (χ1) is 17.3. The Hall–Kier alpha value is -2.42. The molecule has 2 atom stereocenters. The van der Waals surface area contributed by atoms with E-state index in [1.165, 1.54) is 23.9 Å². The highest BCUT2D eigenvalue weighted by Gasteiger charge is 2.33. The number of hydrogen-bond acceptors (Lipinski definition) is 5. The Balaban J connectivity index is 1.32. The van der Waals surface area contributed by atoms with Crippen molar-refractivity contribution in [2.75, 3.05) is 32.5 Å². The number of rotatable bonds is 10. The molecule has 4 rings (SSSR count). The first-order valence-electron chi connectivity index (χ1n) is 12.0. The maximum Gasteiger partial charge on any atom is 0.308 e. The molecule has 0 bridgehead atoms. The zero-order valence-electron chi connectivity index (χ0n) is 20.1. The summed E-state index contributed by atoms with van der Waals surface area (Å²) in [5.74, 6) is -0.940. The van der Waals surface area contributed by atoms with Crippen LogP contribution < -0.4 is 4.74 Å². The predicted molar refractivity (Wildman–Crippen MR) is 139 cm³/mol. The lowest BCUT2D eigenvalue weighted by molar-refractivity contribution is -0.146. The van der Waals surface area contributed by atoms with Crippen molar-refractivity contribution in [2.24, 2.45) is 11.8 Å². The number of fused-ring (bicyclic) bond motifs is 1. The van der Waals surface area contributed by atoms with Gasteiger partial charge in [-0.1, -0.05) is 11.6 Å². The third-order valence-electron chi connectivity index (χ3n) is 6.81. The number of aromatic nitrogens is 1. The maximum absolute atomic E-state index is 13.4. The van der Waals surface area contributed by atoms with Gasteiger partial charge in [-0.2, -0.15) is 0 Å². The second-order valence-corrected chi connectivity index (χ2v) is 10.7. The van der Waals surface area contributed by atoms with E-state index in [0.29, 0.717) is 28.8 Å². The lowest BCUT2D eigenvalue weighted by atomic mass is 9.81. The monoisotopic (exact) mass is 534 g/mol. The summed E-state index contributed by atoms with van der Waals surface area (Å²) in [6, 6.07) is 9.20. The van der Waals surface area contributed by atoms with Crippen LogP contribution >= 0.6 is 23.4 Å². The number of carbonyl (C=O) groups is 1. The molecular weight excluding hydrogens is 506 g/mol. The molecule has 192 valence electrons. The van der Waals surface area contributed by atoms with E-state index >= 15 is 0 Å². The van der Waals surface area contributed by atoms with Crippen LogP contribution in [0, 0.1) is 23.5 Å². The quantitative estimate of drug-likeness (QED) is 0.307. The minimum atomic E-state index is -0.776. The molecule has 2 aromatic carbocycles. The number of likely N-dealkylation sites (tertiary alicyclic amines) is 1. The summed E-state index contributed by atoms with van der Waals surface area (Å²) in [4.78, 5) is 19.1. The van der Waals surface area contributed by atoms with E-state index in [-0.39, 0.29) is 5.92 Å². The van der Waals surface area contributed by atoms with E-state index in [1.54, 1.807) is 13.3 Å². The number of aliphatic carboxylic acids is 1. The predicted octanol–water partition coefficient (Wildman–Crippen LogP) is 6.31. The first kappa shape index (κ1) is 26.6. The minimum Gasteiger partial charge on any atom is -0.497 e. The zero-order chi connectivity index (χ0) is 25.7. The highest BCUT2D eigenvalue weighted by Crippen LogP contribution is 2.32. The largest absolute Gasteiger partial charge is 0.497 e. The summed E-state index contributed by atoms with van der Waals surface area (Å²) in [5, 5.41) is 11.5. The van der Waals surface area contributed by atoms with Crippen molar-refractivity contribution in [3.8, 4) is 5.75 Å². The molecule has 1 N–H and O–H groups in total. The second kappa shape index (κ2) is 12.2. The van der Waals surface area contributed by atoms with Crippen molar-refractivity contribution in [3.05, 3.63) is 64.8 Å². The fourth-order valence-corrected chi connectivity index (χ4v) is 6.15. The maximum atomic E-state index is 13.4. The Morgan fingerprint density at radius 1 is 1.25 bits per heavy atom. The number of piperidine rings is 1. The van der Waals surface area contributed by atoms with Gasteiger partial charge in [0.1, 0.15) is 17.4 Å². The average molecular weight is 535 g/mol. The Labute approximate surface area is 218 Å². The normalized spacial score (nSPS) is 18.4. The lowest BCUT2D eigenvalue weighted by Gasteiger charge is -2.36. The number of ether oxygens (including phenoxy) is 1. The molecule has 3 aromatic rings. The molecule has 1 fully saturated rings. The van der Waals surface area contributed by atoms with Crippen LogP contribution in [0.15, 0.2) is 47.5 Å². The summed E-state index contributed by atoms with van der Waals surface area (Å²) in [5.41, 5.74) is 1.86. The van der Waals surface area contributed by atoms with Gasteiger partial charge in [0.15, 0.2) is 0 Å². The molecule has 36 heavy (non-hydrogen) atoms. The molecule has 9 heteroatoms. The molecule has 0 aliphatic carbocycles. The van der Waals surface area contributed by atoms with Crippen LogP contribution in [0.5, 0.6) is 5.75 Å².